The fraction of sp³-hybridized carbons (Fsp3) is 0.111. The highest BCUT2D eigenvalue weighted by molar-refractivity contribution is 5.81. The molecule has 1 amide bonds. The lowest BCUT2D eigenvalue weighted by Gasteiger charge is -2.04. The lowest BCUT2D eigenvalue weighted by atomic mass is 10.3. The van der Waals surface area contributed by atoms with E-state index in [0.29, 0.717) is 0 Å². The zero-order valence-corrected chi connectivity index (χ0v) is 7.60. The Balaban J connectivity index is 2.38. The van der Waals surface area contributed by atoms with Gasteiger partial charge in [-0.15, -0.1) is 0 Å². The summed E-state index contributed by atoms with van der Waals surface area (Å²) in [7, 11) is 1.31. The molecule has 5 nitrogen and oxygen atoms in total. The van der Waals surface area contributed by atoms with Crippen molar-refractivity contribution in [2.75, 3.05) is 12.5 Å². The molecular weight excluding hydrogens is 182 g/mol. The molecule has 0 saturated heterocycles. The van der Waals surface area contributed by atoms with Gasteiger partial charge in [-0.25, -0.2) is 19.9 Å². The van der Waals surface area contributed by atoms with E-state index in [0.717, 1.165) is 11.0 Å². The maximum atomic E-state index is 10.9. The minimum Gasteiger partial charge on any atom is -0.452 e. The Labute approximate surface area is 80.3 Å². The molecule has 0 aliphatic carbocycles. The first kappa shape index (κ1) is 8.55. The molecule has 1 heterocycles. The molecule has 2 rings (SSSR count). The Kier molecular flexibility index (Phi) is 2.06. The SMILES string of the molecule is COC(=O)Nn1cnc2ccccc21. The molecule has 0 aliphatic rings. The monoisotopic (exact) mass is 191 g/mol. The molecule has 0 radical (unpaired) electrons. The molecular formula is C9H9N3O2. The molecule has 0 fully saturated rings. The van der Waals surface area contributed by atoms with E-state index in [-0.39, 0.29) is 0 Å². The number of carbonyl (C=O) groups is 1. The van der Waals surface area contributed by atoms with Gasteiger partial charge in [0.2, 0.25) is 0 Å². The van der Waals surface area contributed by atoms with Crippen molar-refractivity contribution in [1.29, 1.82) is 0 Å². The zero-order chi connectivity index (χ0) is 9.97. The highest BCUT2D eigenvalue weighted by Crippen LogP contribution is 2.09. The molecule has 0 spiro atoms. The van der Waals surface area contributed by atoms with Crippen LogP contribution in [0, 0.1) is 0 Å². The van der Waals surface area contributed by atoms with E-state index in [1.54, 1.807) is 0 Å². The summed E-state index contributed by atoms with van der Waals surface area (Å²) in [6.45, 7) is 0. The van der Waals surface area contributed by atoms with Crippen LogP contribution in [0.2, 0.25) is 0 Å². The summed E-state index contributed by atoms with van der Waals surface area (Å²) >= 11 is 0. The number of hydrogen-bond donors (Lipinski definition) is 1. The van der Waals surface area contributed by atoms with Crippen LogP contribution in [0.3, 0.4) is 0 Å². The third-order valence-electron chi connectivity index (χ3n) is 1.85. The molecule has 0 bridgehead atoms. The minimum atomic E-state index is -0.520. The largest absolute Gasteiger partial charge is 0.452 e. The van der Waals surface area contributed by atoms with Crippen LogP contribution in [0.15, 0.2) is 30.6 Å². The van der Waals surface area contributed by atoms with E-state index in [2.05, 4.69) is 15.1 Å². The number of hydrogen-bond acceptors (Lipinski definition) is 3. The topological polar surface area (TPSA) is 56.1 Å². The van der Waals surface area contributed by atoms with Crippen molar-refractivity contribution in [2.24, 2.45) is 0 Å². The lowest BCUT2D eigenvalue weighted by molar-refractivity contribution is 0.183. The van der Waals surface area contributed by atoms with E-state index in [4.69, 9.17) is 0 Å². The molecule has 72 valence electrons. The van der Waals surface area contributed by atoms with Crippen LogP contribution in [0.4, 0.5) is 4.79 Å². The van der Waals surface area contributed by atoms with Gasteiger partial charge in [0.15, 0.2) is 0 Å². The van der Waals surface area contributed by atoms with Crippen molar-refractivity contribution in [2.45, 2.75) is 0 Å². The number of amides is 1. The Morgan fingerprint density at radius 1 is 1.50 bits per heavy atom. The predicted molar refractivity (Wildman–Crippen MR) is 51.5 cm³/mol. The van der Waals surface area contributed by atoms with Gasteiger partial charge in [-0.05, 0) is 12.1 Å². The highest BCUT2D eigenvalue weighted by Gasteiger charge is 2.03. The molecule has 14 heavy (non-hydrogen) atoms. The number of methoxy groups -OCH3 is 1. The number of carbonyl (C=O) groups excluding carboxylic acids is 1. The van der Waals surface area contributed by atoms with Gasteiger partial charge in [0.1, 0.15) is 6.33 Å². The van der Waals surface area contributed by atoms with Crippen LogP contribution in [-0.2, 0) is 4.74 Å². The van der Waals surface area contributed by atoms with Crippen LogP contribution in [-0.4, -0.2) is 22.9 Å². The van der Waals surface area contributed by atoms with Crippen LogP contribution < -0.4 is 5.43 Å². The van der Waals surface area contributed by atoms with Gasteiger partial charge in [0.05, 0.1) is 18.1 Å². The Bertz CT molecular complexity index is 464. The lowest BCUT2D eigenvalue weighted by Crippen LogP contribution is -2.21. The smallest absolute Gasteiger partial charge is 0.426 e. The number of ether oxygens (including phenoxy) is 1. The van der Waals surface area contributed by atoms with E-state index < -0.39 is 6.09 Å². The number of rotatable bonds is 1. The molecule has 5 heteroatoms. The van der Waals surface area contributed by atoms with E-state index >= 15 is 0 Å². The van der Waals surface area contributed by atoms with Crippen molar-refractivity contribution in [1.82, 2.24) is 9.66 Å². The summed E-state index contributed by atoms with van der Waals surface area (Å²) in [5, 5.41) is 0. The second-order valence-electron chi connectivity index (χ2n) is 2.71. The third-order valence-corrected chi connectivity index (χ3v) is 1.85. The van der Waals surface area contributed by atoms with Crippen molar-refractivity contribution in [3.63, 3.8) is 0 Å². The summed E-state index contributed by atoms with van der Waals surface area (Å²) in [6.07, 6.45) is 1.01. The molecule has 0 unspecified atom stereocenters. The second kappa shape index (κ2) is 3.37. The fourth-order valence-electron chi connectivity index (χ4n) is 1.19. The number of nitrogens with zero attached hydrogens (tertiary/aromatic N) is 2. The third kappa shape index (κ3) is 1.39. The van der Waals surface area contributed by atoms with Crippen LogP contribution in [0.1, 0.15) is 0 Å². The van der Waals surface area contributed by atoms with Crippen molar-refractivity contribution in [3.05, 3.63) is 30.6 Å². The molecule has 2 aromatic rings. The van der Waals surface area contributed by atoms with Crippen molar-refractivity contribution >= 4 is 17.1 Å². The van der Waals surface area contributed by atoms with Gasteiger partial charge in [0.25, 0.3) is 0 Å². The van der Waals surface area contributed by atoms with E-state index in [9.17, 15) is 4.79 Å². The van der Waals surface area contributed by atoms with Gasteiger partial charge in [0, 0.05) is 0 Å². The first-order valence-electron chi connectivity index (χ1n) is 4.08. The normalized spacial score (nSPS) is 10.1. The predicted octanol–water partition coefficient (Wildman–Crippen LogP) is 1.35. The van der Waals surface area contributed by atoms with Gasteiger partial charge >= 0.3 is 6.09 Å². The summed E-state index contributed by atoms with van der Waals surface area (Å²) in [4.78, 5) is 15.0. The Morgan fingerprint density at radius 2 is 2.29 bits per heavy atom. The molecule has 1 aromatic heterocycles. The molecule has 0 saturated carbocycles. The van der Waals surface area contributed by atoms with Crippen LogP contribution in [0.25, 0.3) is 11.0 Å². The molecule has 1 N–H and O–H groups in total. The number of para-hydroxylation sites is 2. The second-order valence-corrected chi connectivity index (χ2v) is 2.71. The first-order chi connectivity index (χ1) is 6.81. The molecule has 0 atom stereocenters. The fourth-order valence-corrected chi connectivity index (χ4v) is 1.19. The molecule has 1 aromatic carbocycles. The quantitative estimate of drug-likeness (QED) is 0.740. The number of fused-ring (bicyclic) bond motifs is 1. The summed E-state index contributed by atoms with van der Waals surface area (Å²) in [5.74, 6) is 0. The highest BCUT2D eigenvalue weighted by atomic mass is 16.5. The van der Waals surface area contributed by atoms with Crippen molar-refractivity contribution < 1.29 is 9.53 Å². The standard InChI is InChI=1S/C9H9N3O2/c1-14-9(13)11-12-6-10-7-4-2-3-5-8(7)12/h2-6H,1H3,(H,11,13). The Morgan fingerprint density at radius 3 is 3.07 bits per heavy atom. The maximum absolute atomic E-state index is 10.9. The van der Waals surface area contributed by atoms with Gasteiger partial charge in [-0.2, -0.15) is 0 Å². The van der Waals surface area contributed by atoms with Crippen LogP contribution >= 0.6 is 0 Å². The minimum absolute atomic E-state index is 0.520. The summed E-state index contributed by atoms with van der Waals surface area (Å²) in [6, 6.07) is 7.49. The average molecular weight is 191 g/mol. The number of benzene rings is 1. The average Bonchev–Trinajstić information content (AvgIpc) is 2.62. The zero-order valence-electron chi connectivity index (χ0n) is 7.60. The Hall–Kier alpha value is -2.04. The van der Waals surface area contributed by atoms with E-state index in [1.165, 1.54) is 18.1 Å². The summed E-state index contributed by atoms with van der Waals surface area (Å²) in [5.41, 5.74) is 4.16. The summed E-state index contributed by atoms with van der Waals surface area (Å²) < 4.78 is 5.99. The van der Waals surface area contributed by atoms with Gasteiger partial charge < -0.3 is 4.74 Å². The maximum Gasteiger partial charge on any atom is 0.426 e. The van der Waals surface area contributed by atoms with Crippen molar-refractivity contribution in [3.8, 4) is 0 Å². The van der Waals surface area contributed by atoms with Gasteiger partial charge in [-0.3, -0.25) is 0 Å². The van der Waals surface area contributed by atoms with E-state index in [1.807, 2.05) is 24.3 Å². The number of imidazole rings is 1. The first-order valence-corrected chi connectivity index (χ1v) is 4.08. The van der Waals surface area contributed by atoms with Gasteiger partial charge in [-0.1, -0.05) is 12.1 Å². The van der Waals surface area contributed by atoms with Crippen LogP contribution in [0.5, 0.6) is 0 Å². The number of nitrogens with one attached hydrogen (secondary N) is 1. The molecule has 0 aliphatic heterocycles. The number of aromatic nitrogens is 2.